The van der Waals surface area contributed by atoms with E-state index in [9.17, 15) is 5.11 Å². The first-order chi connectivity index (χ1) is 9.13. The molecule has 2 rings (SSSR count). The fraction of sp³-hybridized carbons (Fsp3) is 0.625. The van der Waals surface area contributed by atoms with Gasteiger partial charge in [0, 0.05) is 12.1 Å². The van der Waals surface area contributed by atoms with Gasteiger partial charge in [-0.3, -0.25) is 0 Å². The first-order valence-corrected chi connectivity index (χ1v) is 7.15. The van der Waals surface area contributed by atoms with E-state index in [0.717, 1.165) is 18.6 Å². The van der Waals surface area contributed by atoms with E-state index < -0.39 is 0 Å². The second kappa shape index (κ2) is 6.40. The molecule has 2 N–H and O–H groups in total. The van der Waals surface area contributed by atoms with Gasteiger partial charge in [0.05, 0.1) is 13.7 Å². The normalized spacial score (nSPS) is 24.1. The van der Waals surface area contributed by atoms with Crippen molar-refractivity contribution in [3.05, 3.63) is 29.8 Å². The molecule has 3 nitrogen and oxygen atoms in total. The number of aliphatic hydroxyl groups is 1. The standard InChI is InChI=1S/C16H25NO2/c1-11(2)16(10-18)17-14-8-13(9-14)12-4-6-15(19-3)7-5-12/h4-7,11,13-14,16-18H,8-10H2,1-3H3/t13?,14?,16-/m1/s1. The molecule has 1 aromatic carbocycles. The van der Waals surface area contributed by atoms with Crippen molar-refractivity contribution in [1.29, 1.82) is 0 Å². The van der Waals surface area contributed by atoms with E-state index in [2.05, 4.69) is 31.3 Å². The maximum Gasteiger partial charge on any atom is 0.118 e. The molecule has 1 aliphatic rings. The average molecular weight is 263 g/mol. The summed E-state index contributed by atoms with van der Waals surface area (Å²) < 4.78 is 5.18. The van der Waals surface area contributed by atoms with Crippen LogP contribution in [-0.4, -0.2) is 30.9 Å². The van der Waals surface area contributed by atoms with Crippen molar-refractivity contribution in [2.45, 2.75) is 44.7 Å². The topological polar surface area (TPSA) is 41.5 Å². The summed E-state index contributed by atoms with van der Waals surface area (Å²) in [5.74, 6) is 2.04. The molecular weight excluding hydrogens is 238 g/mol. The minimum Gasteiger partial charge on any atom is -0.497 e. The van der Waals surface area contributed by atoms with E-state index in [1.807, 2.05) is 12.1 Å². The number of benzene rings is 1. The van der Waals surface area contributed by atoms with Crippen molar-refractivity contribution < 1.29 is 9.84 Å². The van der Waals surface area contributed by atoms with Crippen LogP contribution in [-0.2, 0) is 0 Å². The fourth-order valence-corrected chi connectivity index (χ4v) is 2.66. The van der Waals surface area contributed by atoms with Crippen molar-refractivity contribution >= 4 is 0 Å². The van der Waals surface area contributed by atoms with Crippen molar-refractivity contribution in [2.24, 2.45) is 5.92 Å². The minimum absolute atomic E-state index is 0.224. The van der Waals surface area contributed by atoms with Gasteiger partial charge in [-0.2, -0.15) is 0 Å². The zero-order valence-electron chi connectivity index (χ0n) is 12.1. The van der Waals surface area contributed by atoms with Crippen LogP contribution < -0.4 is 10.1 Å². The van der Waals surface area contributed by atoms with E-state index in [4.69, 9.17) is 4.74 Å². The van der Waals surface area contributed by atoms with Gasteiger partial charge in [0.15, 0.2) is 0 Å². The molecule has 0 amide bonds. The molecule has 0 saturated heterocycles. The summed E-state index contributed by atoms with van der Waals surface area (Å²) in [6, 6.07) is 9.15. The maximum absolute atomic E-state index is 9.33. The second-order valence-corrected chi connectivity index (χ2v) is 5.84. The highest BCUT2D eigenvalue weighted by molar-refractivity contribution is 5.30. The third-order valence-corrected chi connectivity index (χ3v) is 4.18. The van der Waals surface area contributed by atoms with Crippen LogP contribution in [0.15, 0.2) is 24.3 Å². The van der Waals surface area contributed by atoms with Crippen molar-refractivity contribution in [3.8, 4) is 5.75 Å². The molecule has 1 atom stereocenters. The lowest BCUT2D eigenvalue weighted by Crippen LogP contribution is -2.49. The highest BCUT2D eigenvalue weighted by atomic mass is 16.5. The molecular formula is C16H25NO2. The predicted octanol–water partition coefficient (Wildman–Crippen LogP) is 2.55. The number of rotatable bonds is 6. The van der Waals surface area contributed by atoms with Crippen LogP contribution in [0.1, 0.15) is 38.2 Å². The van der Waals surface area contributed by atoms with Gasteiger partial charge in [0.2, 0.25) is 0 Å². The predicted molar refractivity (Wildman–Crippen MR) is 77.6 cm³/mol. The Balaban J connectivity index is 1.82. The highest BCUT2D eigenvalue weighted by Gasteiger charge is 2.31. The number of methoxy groups -OCH3 is 1. The van der Waals surface area contributed by atoms with E-state index in [0.29, 0.717) is 17.9 Å². The highest BCUT2D eigenvalue weighted by Crippen LogP contribution is 2.37. The third-order valence-electron chi connectivity index (χ3n) is 4.18. The molecule has 0 aromatic heterocycles. The van der Waals surface area contributed by atoms with E-state index in [1.165, 1.54) is 5.56 Å². The Kier molecular flexibility index (Phi) is 4.83. The van der Waals surface area contributed by atoms with Crippen LogP contribution in [0.25, 0.3) is 0 Å². The Morgan fingerprint density at radius 3 is 2.37 bits per heavy atom. The Labute approximate surface area is 116 Å². The van der Waals surface area contributed by atoms with Crippen LogP contribution in [0.2, 0.25) is 0 Å². The van der Waals surface area contributed by atoms with Gasteiger partial charge < -0.3 is 15.2 Å². The Morgan fingerprint density at radius 1 is 1.26 bits per heavy atom. The van der Waals surface area contributed by atoms with Crippen LogP contribution in [0.4, 0.5) is 0 Å². The number of ether oxygens (including phenoxy) is 1. The monoisotopic (exact) mass is 263 g/mol. The number of nitrogens with one attached hydrogen (secondary N) is 1. The molecule has 1 aliphatic carbocycles. The summed E-state index contributed by atoms with van der Waals surface area (Å²) in [5.41, 5.74) is 1.39. The van der Waals surface area contributed by atoms with Gasteiger partial charge >= 0.3 is 0 Å². The largest absolute Gasteiger partial charge is 0.497 e. The Morgan fingerprint density at radius 2 is 1.89 bits per heavy atom. The van der Waals surface area contributed by atoms with Crippen LogP contribution >= 0.6 is 0 Å². The van der Waals surface area contributed by atoms with E-state index in [-0.39, 0.29) is 12.6 Å². The van der Waals surface area contributed by atoms with Crippen molar-refractivity contribution in [2.75, 3.05) is 13.7 Å². The lowest BCUT2D eigenvalue weighted by molar-refractivity contribution is 0.169. The van der Waals surface area contributed by atoms with Gasteiger partial charge in [0.1, 0.15) is 5.75 Å². The summed E-state index contributed by atoms with van der Waals surface area (Å²) in [6.45, 7) is 4.52. The van der Waals surface area contributed by atoms with E-state index >= 15 is 0 Å². The summed E-state index contributed by atoms with van der Waals surface area (Å²) in [7, 11) is 1.69. The quantitative estimate of drug-likeness (QED) is 0.829. The molecule has 106 valence electrons. The number of aliphatic hydroxyl groups excluding tert-OH is 1. The molecule has 0 unspecified atom stereocenters. The molecule has 1 aromatic rings. The van der Waals surface area contributed by atoms with Gasteiger partial charge in [-0.1, -0.05) is 26.0 Å². The Bertz CT molecular complexity index is 382. The second-order valence-electron chi connectivity index (χ2n) is 5.84. The lowest BCUT2D eigenvalue weighted by atomic mass is 9.75. The SMILES string of the molecule is COc1ccc(C2CC(N[C@H](CO)C(C)C)C2)cc1. The number of hydrogen-bond acceptors (Lipinski definition) is 3. The molecule has 0 heterocycles. The summed E-state index contributed by atoms with van der Waals surface area (Å²) in [6.07, 6.45) is 2.32. The van der Waals surface area contributed by atoms with Gasteiger partial charge in [-0.15, -0.1) is 0 Å². The van der Waals surface area contributed by atoms with Crippen LogP contribution in [0.3, 0.4) is 0 Å². The molecule has 0 radical (unpaired) electrons. The van der Waals surface area contributed by atoms with Gasteiger partial charge in [-0.05, 0) is 42.4 Å². The van der Waals surface area contributed by atoms with Gasteiger partial charge in [-0.25, -0.2) is 0 Å². The lowest BCUT2D eigenvalue weighted by Gasteiger charge is -2.39. The molecule has 3 heteroatoms. The van der Waals surface area contributed by atoms with Crippen LogP contribution in [0, 0.1) is 5.92 Å². The van der Waals surface area contributed by atoms with Gasteiger partial charge in [0.25, 0.3) is 0 Å². The maximum atomic E-state index is 9.33. The molecule has 1 fully saturated rings. The molecule has 1 saturated carbocycles. The molecule has 19 heavy (non-hydrogen) atoms. The zero-order chi connectivity index (χ0) is 13.8. The molecule has 0 bridgehead atoms. The smallest absolute Gasteiger partial charge is 0.118 e. The number of hydrogen-bond donors (Lipinski definition) is 2. The van der Waals surface area contributed by atoms with Crippen LogP contribution in [0.5, 0.6) is 5.75 Å². The molecule has 0 spiro atoms. The third kappa shape index (κ3) is 3.48. The zero-order valence-corrected chi connectivity index (χ0v) is 12.1. The fourth-order valence-electron chi connectivity index (χ4n) is 2.66. The molecule has 0 aliphatic heterocycles. The Hall–Kier alpha value is -1.06. The van der Waals surface area contributed by atoms with Crippen molar-refractivity contribution in [1.82, 2.24) is 5.32 Å². The first-order valence-electron chi connectivity index (χ1n) is 7.15. The first kappa shape index (κ1) is 14.4. The minimum atomic E-state index is 0.224. The van der Waals surface area contributed by atoms with E-state index in [1.54, 1.807) is 7.11 Å². The average Bonchev–Trinajstić information content (AvgIpc) is 2.37. The van der Waals surface area contributed by atoms with Crippen molar-refractivity contribution in [3.63, 3.8) is 0 Å². The summed E-state index contributed by atoms with van der Waals surface area (Å²) >= 11 is 0. The summed E-state index contributed by atoms with van der Waals surface area (Å²) in [4.78, 5) is 0. The summed E-state index contributed by atoms with van der Waals surface area (Å²) in [5, 5.41) is 12.9.